The minimum absolute atomic E-state index is 0.0494. The van der Waals surface area contributed by atoms with E-state index in [9.17, 15) is 22.0 Å². The molecule has 8 heteroatoms. The van der Waals surface area contributed by atoms with E-state index >= 15 is 0 Å². The Hall–Kier alpha value is -2.25. The van der Waals surface area contributed by atoms with Crippen molar-refractivity contribution in [1.29, 1.82) is 0 Å². The smallest absolute Gasteiger partial charge is 0.364 e. The summed E-state index contributed by atoms with van der Waals surface area (Å²) < 4.78 is 62.7. The van der Waals surface area contributed by atoms with Crippen LogP contribution in [0.1, 0.15) is 11.3 Å². The molecule has 20 heavy (non-hydrogen) atoms. The van der Waals surface area contributed by atoms with E-state index in [1.807, 2.05) is 0 Å². The Morgan fingerprint density at radius 1 is 1.00 bits per heavy atom. The van der Waals surface area contributed by atoms with E-state index in [1.54, 1.807) is 0 Å². The van der Waals surface area contributed by atoms with Gasteiger partial charge in [0.2, 0.25) is 0 Å². The van der Waals surface area contributed by atoms with Crippen LogP contribution in [0.2, 0.25) is 0 Å². The second-order valence-corrected chi connectivity index (χ2v) is 3.89. The minimum atomic E-state index is -4.56. The van der Waals surface area contributed by atoms with E-state index in [0.717, 1.165) is 24.3 Å². The summed E-state index contributed by atoms with van der Waals surface area (Å²) >= 11 is 0. The predicted octanol–water partition coefficient (Wildman–Crippen LogP) is 3.39. The highest BCUT2D eigenvalue weighted by Gasteiger charge is 2.32. The summed E-state index contributed by atoms with van der Waals surface area (Å²) in [6.07, 6.45) is -4.56. The number of nitrogens with one attached hydrogen (secondary N) is 1. The molecule has 0 spiro atoms. The second kappa shape index (κ2) is 5.40. The lowest BCUT2D eigenvalue weighted by molar-refractivity contribution is -0.141. The van der Waals surface area contributed by atoms with Gasteiger partial charge in [-0.05, 0) is 18.2 Å². The number of rotatable bonds is 3. The number of halogens is 5. The molecule has 3 nitrogen and oxygen atoms in total. The van der Waals surface area contributed by atoms with E-state index in [1.165, 1.54) is 6.07 Å². The maximum absolute atomic E-state index is 13.3. The zero-order valence-electron chi connectivity index (χ0n) is 9.88. The molecular formula is C12H8F5N3. The molecule has 0 fully saturated rings. The zero-order chi connectivity index (χ0) is 14.8. The molecule has 0 unspecified atom stereocenters. The zero-order valence-corrected chi connectivity index (χ0v) is 9.88. The highest BCUT2D eigenvalue weighted by molar-refractivity contribution is 5.35. The molecule has 0 bridgehead atoms. The van der Waals surface area contributed by atoms with Gasteiger partial charge in [0.25, 0.3) is 0 Å². The van der Waals surface area contributed by atoms with Crippen molar-refractivity contribution in [3.05, 3.63) is 53.2 Å². The van der Waals surface area contributed by atoms with Gasteiger partial charge in [0.1, 0.15) is 17.5 Å². The fourth-order valence-electron chi connectivity index (χ4n) is 1.43. The van der Waals surface area contributed by atoms with Gasteiger partial charge in [0.15, 0.2) is 5.69 Å². The van der Waals surface area contributed by atoms with Gasteiger partial charge in [-0.25, -0.2) is 8.78 Å². The van der Waals surface area contributed by atoms with Crippen molar-refractivity contribution in [2.75, 3.05) is 5.32 Å². The summed E-state index contributed by atoms with van der Waals surface area (Å²) in [6.45, 7) is -0.0494. The average Bonchev–Trinajstić information content (AvgIpc) is 2.37. The molecule has 0 amide bonds. The van der Waals surface area contributed by atoms with Crippen molar-refractivity contribution >= 4 is 5.82 Å². The highest BCUT2D eigenvalue weighted by atomic mass is 19.4. The normalized spacial score (nSPS) is 11.4. The topological polar surface area (TPSA) is 37.8 Å². The number of alkyl halides is 3. The molecule has 106 valence electrons. The fourth-order valence-corrected chi connectivity index (χ4v) is 1.43. The van der Waals surface area contributed by atoms with Crippen LogP contribution in [-0.4, -0.2) is 10.2 Å². The minimum Gasteiger partial charge on any atom is -0.364 e. The summed E-state index contributed by atoms with van der Waals surface area (Å²) in [6, 6.07) is 4.87. The second-order valence-electron chi connectivity index (χ2n) is 3.89. The number of hydrogen-bond donors (Lipinski definition) is 1. The van der Waals surface area contributed by atoms with Crippen LogP contribution in [0.4, 0.5) is 27.8 Å². The molecule has 0 aliphatic heterocycles. The van der Waals surface area contributed by atoms with Gasteiger partial charge in [-0.15, -0.1) is 10.2 Å². The first kappa shape index (κ1) is 14.2. The Bertz CT molecular complexity index is 595. The first-order valence-corrected chi connectivity index (χ1v) is 5.45. The van der Waals surface area contributed by atoms with E-state index < -0.39 is 23.5 Å². The molecule has 0 saturated heterocycles. The van der Waals surface area contributed by atoms with E-state index in [2.05, 4.69) is 15.5 Å². The molecule has 1 aromatic carbocycles. The van der Waals surface area contributed by atoms with Gasteiger partial charge in [0, 0.05) is 18.2 Å². The van der Waals surface area contributed by atoms with Gasteiger partial charge >= 0.3 is 6.18 Å². The number of nitrogens with zero attached hydrogens (tertiary/aromatic N) is 2. The quantitative estimate of drug-likeness (QED) is 0.880. The molecule has 0 radical (unpaired) electrons. The van der Waals surface area contributed by atoms with E-state index in [0.29, 0.717) is 0 Å². The van der Waals surface area contributed by atoms with Crippen LogP contribution in [0.15, 0.2) is 30.3 Å². The Balaban J connectivity index is 2.04. The van der Waals surface area contributed by atoms with Crippen LogP contribution in [0, 0.1) is 11.6 Å². The van der Waals surface area contributed by atoms with Crippen LogP contribution < -0.4 is 5.32 Å². The molecule has 0 aliphatic carbocycles. The summed E-state index contributed by atoms with van der Waals surface area (Å²) in [4.78, 5) is 0. The summed E-state index contributed by atoms with van der Waals surface area (Å²) in [5, 5.41) is 8.93. The number of benzene rings is 1. The van der Waals surface area contributed by atoms with Gasteiger partial charge in [-0.1, -0.05) is 6.07 Å². The molecule has 2 rings (SSSR count). The van der Waals surface area contributed by atoms with E-state index in [-0.39, 0.29) is 17.9 Å². The van der Waals surface area contributed by atoms with Gasteiger partial charge in [0.05, 0.1) is 0 Å². The first-order chi connectivity index (χ1) is 9.36. The third-order valence-corrected chi connectivity index (χ3v) is 2.43. The summed E-state index contributed by atoms with van der Waals surface area (Å²) in [5.74, 6) is -1.40. The lowest BCUT2D eigenvalue weighted by Crippen LogP contribution is -2.10. The van der Waals surface area contributed by atoms with Crippen LogP contribution >= 0.6 is 0 Å². The number of aromatic nitrogens is 2. The van der Waals surface area contributed by atoms with E-state index in [4.69, 9.17) is 0 Å². The fraction of sp³-hybridized carbons (Fsp3) is 0.167. The number of hydrogen-bond acceptors (Lipinski definition) is 3. The maximum Gasteiger partial charge on any atom is 0.435 e. The molecule has 1 aromatic heterocycles. The van der Waals surface area contributed by atoms with Gasteiger partial charge < -0.3 is 5.32 Å². The highest BCUT2D eigenvalue weighted by Crippen LogP contribution is 2.27. The van der Waals surface area contributed by atoms with Crippen LogP contribution in [-0.2, 0) is 12.7 Å². The first-order valence-electron chi connectivity index (χ1n) is 5.45. The molecule has 1 heterocycles. The third-order valence-electron chi connectivity index (χ3n) is 2.43. The average molecular weight is 289 g/mol. The summed E-state index contributed by atoms with van der Waals surface area (Å²) in [5.41, 5.74) is -0.955. The van der Waals surface area contributed by atoms with Gasteiger partial charge in [-0.3, -0.25) is 0 Å². The molecule has 0 saturated carbocycles. The molecular weight excluding hydrogens is 281 g/mol. The van der Waals surface area contributed by atoms with Crippen LogP contribution in [0.25, 0.3) is 0 Å². The Labute approximate surface area is 110 Å². The van der Waals surface area contributed by atoms with Crippen molar-refractivity contribution in [2.45, 2.75) is 12.7 Å². The molecule has 2 aromatic rings. The third kappa shape index (κ3) is 3.40. The molecule has 0 atom stereocenters. The van der Waals surface area contributed by atoms with Crippen LogP contribution in [0.5, 0.6) is 0 Å². The van der Waals surface area contributed by atoms with Crippen LogP contribution in [0.3, 0.4) is 0 Å². The Morgan fingerprint density at radius 2 is 1.75 bits per heavy atom. The Morgan fingerprint density at radius 3 is 2.30 bits per heavy atom. The van der Waals surface area contributed by atoms with Gasteiger partial charge in [-0.2, -0.15) is 13.2 Å². The molecule has 1 N–H and O–H groups in total. The predicted molar refractivity (Wildman–Crippen MR) is 60.7 cm³/mol. The van der Waals surface area contributed by atoms with Crippen molar-refractivity contribution in [1.82, 2.24) is 10.2 Å². The standard InChI is InChI=1S/C12H8F5N3/c13-8-2-1-7(9(14)5-8)6-18-11-4-3-10(19-20-11)12(15,16)17/h1-5H,6H2,(H,18,20). The SMILES string of the molecule is Fc1ccc(CNc2ccc(C(F)(F)F)nn2)c(F)c1. The largest absolute Gasteiger partial charge is 0.435 e. The van der Waals surface area contributed by atoms with Crippen molar-refractivity contribution < 1.29 is 22.0 Å². The lowest BCUT2D eigenvalue weighted by atomic mass is 10.2. The van der Waals surface area contributed by atoms with Crippen molar-refractivity contribution in [2.24, 2.45) is 0 Å². The number of anilines is 1. The molecule has 0 aliphatic rings. The van der Waals surface area contributed by atoms with Crippen molar-refractivity contribution in [3.63, 3.8) is 0 Å². The monoisotopic (exact) mass is 289 g/mol. The summed E-state index contributed by atoms with van der Waals surface area (Å²) in [7, 11) is 0. The Kier molecular flexibility index (Phi) is 3.82. The van der Waals surface area contributed by atoms with Crippen molar-refractivity contribution in [3.8, 4) is 0 Å². The maximum atomic E-state index is 13.3. The lowest BCUT2D eigenvalue weighted by Gasteiger charge is -2.08.